The number of hydrogen-bond donors (Lipinski definition) is 3. The van der Waals surface area contributed by atoms with Crippen LogP contribution in [0.15, 0.2) is 66.9 Å². The second-order valence-corrected chi connectivity index (χ2v) is 5.97. The highest BCUT2D eigenvalue weighted by Gasteiger charge is 2.05. The van der Waals surface area contributed by atoms with Gasteiger partial charge in [-0.25, -0.2) is 9.78 Å². The number of nitrogens with one attached hydrogen (secondary N) is 3. The van der Waals surface area contributed by atoms with Crippen LogP contribution in [0.1, 0.15) is 0 Å². The van der Waals surface area contributed by atoms with Crippen LogP contribution in [0, 0.1) is 0 Å². The second kappa shape index (κ2) is 7.88. The SMILES string of the molecule is O=C(Nc1ccccc1)Nc1ccc(Nc2ccc(Cl)cc2Cl)cn1. The first-order valence-electron chi connectivity index (χ1n) is 7.41. The van der Waals surface area contributed by atoms with Crippen molar-refractivity contribution in [3.05, 3.63) is 76.9 Å². The molecule has 0 unspecified atom stereocenters. The number of nitrogens with zero attached hydrogens (tertiary/aromatic N) is 1. The third kappa shape index (κ3) is 4.86. The zero-order valence-corrected chi connectivity index (χ0v) is 14.5. The van der Waals surface area contributed by atoms with E-state index in [4.69, 9.17) is 23.2 Å². The van der Waals surface area contributed by atoms with Gasteiger partial charge in [-0.3, -0.25) is 5.32 Å². The van der Waals surface area contributed by atoms with Crippen molar-refractivity contribution in [3.63, 3.8) is 0 Å². The van der Waals surface area contributed by atoms with Gasteiger partial charge in [0.15, 0.2) is 0 Å². The van der Waals surface area contributed by atoms with Crippen LogP contribution in [0.4, 0.5) is 27.7 Å². The molecule has 0 aliphatic carbocycles. The van der Waals surface area contributed by atoms with Gasteiger partial charge in [-0.15, -0.1) is 0 Å². The van der Waals surface area contributed by atoms with Gasteiger partial charge in [0.05, 0.1) is 22.6 Å². The number of hydrogen-bond acceptors (Lipinski definition) is 3. The van der Waals surface area contributed by atoms with Crippen LogP contribution >= 0.6 is 23.2 Å². The first-order valence-corrected chi connectivity index (χ1v) is 8.17. The predicted molar refractivity (Wildman–Crippen MR) is 103 cm³/mol. The molecule has 0 saturated carbocycles. The van der Waals surface area contributed by atoms with Crippen LogP contribution in [-0.2, 0) is 0 Å². The summed E-state index contributed by atoms with van der Waals surface area (Å²) in [5.41, 5.74) is 2.16. The Labute approximate surface area is 155 Å². The van der Waals surface area contributed by atoms with Crippen LogP contribution in [-0.4, -0.2) is 11.0 Å². The van der Waals surface area contributed by atoms with Gasteiger partial charge in [0.2, 0.25) is 0 Å². The molecule has 1 aromatic heterocycles. The topological polar surface area (TPSA) is 66.1 Å². The molecule has 0 aliphatic rings. The fourth-order valence-electron chi connectivity index (χ4n) is 2.09. The monoisotopic (exact) mass is 372 g/mol. The minimum atomic E-state index is -0.361. The standard InChI is InChI=1S/C18H14Cl2N4O/c19-12-6-8-16(15(20)10-12)22-14-7-9-17(21-11-14)24-18(25)23-13-4-2-1-3-5-13/h1-11,22H,(H2,21,23,24,25). The van der Waals surface area contributed by atoms with Gasteiger partial charge >= 0.3 is 6.03 Å². The quantitative estimate of drug-likeness (QED) is 0.543. The summed E-state index contributed by atoms with van der Waals surface area (Å²) in [6.45, 7) is 0. The minimum absolute atomic E-state index is 0.361. The van der Waals surface area contributed by atoms with Crippen LogP contribution in [0.3, 0.4) is 0 Å². The van der Waals surface area contributed by atoms with Crippen molar-refractivity contribution in [2.24, 2.45) is 0 Å². The van der Waals surface area contributed by atoms with Crippen molar-refractivity contribution >= 4 is 52.1 Å². The van der Waals surface area contributed by atoms with Crippen LogP contribution in [0.5, 0.6) is 0 Å². The van der Waals surface area contributed by atoms with Gasteiger partial charge in [-0.1, -0.05) is 41.4 Å². The first-order chi connectivity index (χ1) is 12.1. The summed E-state index contributed by atoms with van der Waals surface area (Å²) in [5, 5.41) is 9.61. The Morgan fingerprint density at radius 1 is 0.880 bits per heavy atom. The summed E-state index contributed by atoms with van der Waals surface area (Å²) in [7, 11) is 0. The van der Waals surface area contributed by atoms with Crippen LogP contribution in [0.25, 0.3) is 0 Å². The summed E-state index contributed by atoms with van der Waals surface area (Å²) in [6.07, 6.45) is 1.60. The highest BCUT2D eigenvalue weighted by atomic mass is 35.5. The summed E-state index contributed by atoms with van der Waals surface area (Å²) in [6, 6.07) is 17.5. The van der Waals surface area contributed by atoms with Gasteiger partial charge in [-0.2, -0.15) is 0 Å². The van der Waals surface area contributed by atoms with Crippen molar-refractivity contribution in [1.29, 1.82) is 0 Å². The molecule has 0 atom stereocenters. The number of rotatable bonds is 4. The molecule has 0 radical (unpaired) electrons. The Bertz CT molecular complexity index is 870. The number of halogens is 2. The maximum absolute atomic E-state index is 11.9. The molecular formula is C18H14Cl2N4O. The summed E-state index contributed by atoms with van der Waals surface area (Å²) in [5.74, 6) is 0.432. The van der Waals surface area contributed by atoms with E-state index < -0.39 is 0 Å². The molecule has 3 rings (SSSR count). The normalized spacial score (nSPS) is 10.2. The van der Waals surface area contributed by atoms with Gasteiger partial charge in [-0.05, 0) is 42.5 Å². The number of benzene rings is 2. The number of carbonyl (C=O) groups excluding carboxylic acids is 1. The maximum Gasteiger partial charge on any atom is 0.324 e. The largest absolute Gasteiger partial charge is 0.353 e. The van der Waals surface area contributed by atoms with E-state index in [9.17, 15) is 4.79 Å². The Hall–Kier alpha value is -2.76. The van der Waals surface area contributed by atoms with Crippen molar-refractivity contribution < 1.29 is 4.79 Å². The van der Waals surface area contributed by atoms with E-state index in [0.29, 0.717) is 21.6 Å². The number of anilines is 4. The number of carbonyl (C=O) groups is 1. The van der Waals surface area contributed by atoms with Crippen LogP contribution < -0.4 is 16.0 Å². The number of para-hydroxylation sites is 1. The molecule has 0 saturated heterocycles. The Morgan fingerprint density at radius 3 is 2.36 bits per heavy atom. The lowest BCUT2D eigenvalue weighted by molar-refractivity contribution is 0.262. The number of amides is 2. The molecule has 0 aliphatic heterocycles. The molecule has 126 valence electrons. The predicted octanol–water partition coefficient (Wildman–Crippen LogP) is 5.78. The van der Waals surface area contributed by atoms with Crippen LogP contribution in [0.2, 0.25) is 10.0 Å². The number of aromatic nitrogens is 1. The average molecular weight is 373 g/mol. The Morgan fingerprint density at radius 2 is 1.68 bits per heavy atom. The third-order valence-corrected chi connectivity index (χ3v) is 3.79. The highest BCUT2D eigenvalue weighted by molar-refractivity contribution is 6.36. The molecule has 0 bridgehead atoms. The van der Waals surface area contributed by atoms with E-state index in [1.165, 1.54) is 0 Å². The lowest BCUT2D eigenvalue weighted by Crippen LogP contribution is -2.19. The smallest absolute Gasteiger partial charge is 0.324 e. The minimum Gasteiger partial charge on any atom is -0.353 e. The molecule has 5 nitrogen and oxygen atoms in total. The van der Waals surface area contributed by atoms with E-state index in [-0.39, 0.29) is 6.03 Å². The maximum atomic E-state index is 11.9. The molecule has 1 heterocycles. The van der Waals surface area contributed by atoms with Crippen molar-refractivity contribution in [1.82, 2.24) is 4.98 Å². The molecule has 2 aromatic carbocycles. The summed E-state index contributed by atoms with van der Waals surface area (Å²) < 4.78 is 0. The average Bonchev–Trinajstić information content (AvgIpc) is 2.60. The first kappa shape index (κ1) is 17.1. The van der Waals surface area contributed by atoms with Gasteiger partial charge < -0.3 is 10.6 Å². The van der Waals surface area contributed by atoms with E-state index in [0.717, 1.165) is 11.4 Å². The molecule has 7 heteroatoms. The number of pyridine rings is 1. The zero-order chi connectivity index (χ0) is 17.6. The van der Waals surface area contributed by atoms with Gasteiger partial charge in [0.1, 0.15) is 5.82 Å². The lowest BCUT2D eigenvalue weighted by atomic mass is 10.3. The molecule has 25 heavy (non-hydrogen) atoms. The van der Waals surface area contributed by atoms with Crippen molar-refractivity contribution in [2.45, 2.75) is 0 Å². The van der Waals surface area contributed by atoms with E-state index in [2.05, 4.69) is 20.9 Å². The van der Waals surface area contributed by atoms with Gasteiger partial charge in [0, 0.05) is 10.7 Å². The van der Waals surface area contributed by atoms with Crippen molar-refractivity contribution in [3.8, 4) is 0 Å². The Balaban J connectivity index is 1.61. The van der Waals surface area contributed by atoms with Gasteiger partial charge in [0.25, 0.3) is 0 Å². The highest BCUT2D eigenvalue weighted by Crippen LogP contribution is 2.28. The fraction of sp³-hybridized carbons (Fsp3) is 0. The third-order valence-electron chi connectivity index (χ3n) is 3.25. The second-order valence-electron chi connectivity index (χ2n) is 5.13. The van der Waals surface area contributed by atoms with E-state index in [1.54, 1.807) is 48.7 Å². The summed E-state index contributed by atoms with van der Waals surface area (Å²) in [4.78, 5) is 16.1. The molecule has 0 spiro atoms. The molecule has 3 aromatic rings. The fourth-order valence-corrected chi connectivity index (χ4v) is 2.54. The molecular weight excluding hydrogens is 359 g/mol. The Kier molecular flexibility index (Phi) is 5.38. The zero-order valence-electron chi connectivity index (χ0n) is 13.0. The van der Waals surface area contributed by atoms with E-state index in [1.807, 2.05) is 18.2 Å². The number of urea groups is 1. The molecule has 2 amide bonds. The van der Waals surface area contributed by atoms with E-state index >= 15 is 0 Å². The molecule has 3 N–H and O–H groups in total. The summed E-state index contributed by atoms with van der Waals surface area (Å²) >= 11 is 12.0. The van der Waals surface area contributed by atoms with Crippen molar-refractivity contribution in [2.75, 3.05) is 16.0 Å². The molecule has 0 fully saturated rings. The lowest BCUT2D eigenvalue weighted by Gasteiger charge is -2.10.